The molecule has 0 aliphatic carbocycles. The van der Waals surface area contributed by atoms with Gasteiger partial charge in [0, 0.05) is 16.8 Å². The molecule has 3 aromatic carbocycles. The highest BCUT2D eigenvalue weighted by atomic mass is 32.1. The number of hydrogen-bond acceptors (Lipinski definition) is 6. The second-order valence-electron chi connectivity index (χ2n) is 5.33. The van der Waals surface area contributed by atoms with Crippen molar-refractivity contribution in [3.63, 3.8) is 0 Å². The molecule has 0 aliphatic heterocycles. The summed E-state index contributed by atoms with van der Waals surface area (Å²) in [4.78, 5) is 16.1. The molecule has 0 saturated carbocycles. The van der Waals surface area contributed by atoms with Crippen LogP contribution in [0.15, 0.2) is 65.7 Å². The number of esters is 1. The number of aromatic hydroxyl groups is 2. The van der Waals surface area contributed by atoms with Gasteiger partial charge < -0.3 is 14.9 Å². The molecule has 6 heteroatoms. The first kappa shape index (κ1) is 17.4. The molecule has 0 saturated heterocycles. The van der Waals surface area contributed by atoms with E-state index in [0.717, 1.165) is 10.8 Å². The van der Waals surface area contributed by atoms with Gasteiger partial charge in [-0.05, 0) is 48.1 Å². The van der Waals surface area contributed by atoms with E-state index in [0.29, 0.717) is 17.0 Å². The quantitative estimate of drug-likeness (QED) is 0.177. The summed E-state index contributed by atoms with van der Waals surface area (Å²) in [6, 6.07) is 14.9. The highest BCUT2D eigenvalue weighted by Gasteiger charge is 2.08. The third-order valence-electron chi connectivity index (χ3n) is 3.65. The Morgan fingerprint density at radius 2 is 1.81 bits per heavy atom. The van der Waals surface area contributed by atoms with Gasteiger partial charge in [-0.25, -0.2) is 4.79 Å². The van der Waals surface area contributed by atoms with Crippen molar-refractivity contribution < 1.29 is 19.7 Å². The van der Waals surface area contributed by atoms with E-state index in [4.69, 9.17) is 4.74 Å². The minimum absolute atomic E-state index is 0.227. The third kappa shape index (κ3) is 3.78. The Hall–Kier alpha value is -3.47. The fourth-order valence-electron chi connectivity index (χ4n) is 2.45. The molecule has 0 fully saturated rings. The molecular weight excluding hydrogens is 350 g/mol. The number of nitrogens with zero attached hydrogens (tertiary/aromatic N) is 1. The number of rotatable bonds is 4. The predicted octanol–water partition coefficient (Wildman–Crippen LogP) is 4.60. The van der Waals surface area contributed by atoms with E-state index in [1.807, 2.05) is 12.1 Å². The van der Waals surface area contributed by atoms with Crippen molar-refractivity contribution in [2.24, 2.45) is 4.99 Å². The van der Waals surface area contributed by atoms with Crippen LogP contribution < -0.4 is 4.74 Å². The summed E-state index contributed by atoms with van der Waals surface area (Å²) < 4.78 is 5.41. The lowest BCUT2D eigenvalue weighted by Gasteiger charge is -2.07. The van der Waals surface area contributed by atoms with Crippen molar-refractivity contribution in [1.82, 2.24) is 0 Å². The van der Waals surface area contributed by atoms with Crippen LogP contribution in [0.25, 0.3) is 16.8 Å². The van der Waals surface area contributed by atoms with Gasteiger partial charge >= 0.3 is 5.97 Å². The number of carbonyl (C=O) groups is 1. The van der Waals surface area contributed by atoms with Crippen LogP contribution in [0.1, 0.15) is 5.56 Å². The molecule has 3 rings (SSSR count). The van der Waals surface area contributed by atoms with Crippen LogP contribution in [-0.4, -0.2) is 21.3 Å². The van der Waals surface area contributed by atoms with Gasteiger partial charge in [-0.1, -0.05) is 30.3 Å². The SMILES string of the molecule is O=C(/C=C/c1ccc(O)c(O)c1)Oc1cccc2c(N=C=S)cccc12. The van der Waals surface area contributed by atoms with Crippen LogP contribution >= 0.6 is 12.2 Å². The van der Waals surface area contributed by atoms with Gasteiger partial charge in [0.15, 0.2) is 11.5 Å². The maximum Gasteiger partial charge on any atom is 0.336 e. The van der Waals surface area contributed by atoms with E-state index in [1.165, 1.54) is 24.3 Å². The number of phenols is 2. The largest absolute Gasteiger partial charge is 0.504 e. The van der Waals surface area contributed by atoms with Gasteiger partial charge in [-0.2, -0.15) is 4.99 Å². The van der Waals surface area contributed by atoms with Gasteiger partial charge in [0.1, 0.15) is 5.75 Å². The van der Waals surface area contributed by atoms with E-state index < -0.39 is 5.97 Å². The lowest BCUT2D eigenvalue weighted by Crippen LogP contribution is -2.04. The molecule has 5 nitrogen and oxygen atoms in total. The van der Waals surface area contributed by atoms with Crippen molar-refractivity contribution in [3.8, 4) is 17.2 Å². The third-order valence-corrected chi connectivity index (χ3v) is 3.74. The first-order chi connectivity index (χ1) is 12.6. The first-order valence-electron chi connectivity index (χ1n) is 7.60. The topological polar surface area (TPSA) is 79.1 Å². The molecule has 128 valence electrons. The van der Waals surface area contributed by atoms with Crippen LogP contribution in [0.2, 0.25) is 0 Å². The number of hydrogen-bond donors (Lipinski definition) is 2. The summed E-state index contributed by atoms with van der Waals surface area (Å²) in [5, 5.41) is 22.6. The molecule has 0 spiro atoms. The van der Waals surface area contributed by atoms with Crippen molar-refractivity contribution in [1.29, 1.82) is 0 Å². The molecule has 0 heterocycles. The summed E-state index contributed by atoms with van der Waals surface area (Å²) >= 11 is 4.65. The molecule has 26 heavy (non-hydrogen) atoms. The Kier molecular flexibility index (Phi) is 5.08. The number of phenolic OH excluding ortho intramolecular Hbond substituents is 2. The zero-order valence-corrected chi connectivity index (χ0v) is 14.2. The van der Waals surface area contributed by atoms with Crippen molar-refractivity contribution in [3.05, 3.63) is 66.2 Å². The highest BCUT2D eigenvalue weighted by molar-refractivity contribution is 7.78. The summed E-state index contributed by atoms with van der Waals surface area (Å²) in [7, 11) is 0. The summed E-state index contributed by atoms with van der Waals surface area (Å²) in [6.07, 6.45) is 2.72. The van der Waals surface area contributed by atoms with E-state index in [-0.39, 0.29) is 11.5 Å². The Morgan fingerprint density at radius 1 is 1.04 bits per heavy atom. The maximum atomic E-state index is 12.1. The second kappa shape index (κ2) is 7.61. The number of fused-ring (bicyclic) bond motifs is 1. The fourth-order valence-corrected chi connectivity index (χ4v) is 2.55. The number of carbonyl (C=O) groups excluding carboxylic acids is 1. The zero-order valence-electron chi connectivity index (χ0n) is 13.4. The van der Waals surface area contributed by atoms with Crippen molar-refractivity contribution in [2.45, 2.75) is 0 Å². The maximum absolute atomic E-state index is 12.1. The number of aliphatic imine (C=N–C) groups is 1. The number of benzene rings is 3. The minimum Gasteiger partial charge on any atom is -0.504 e. The number of thiocarbonyl (C=S) groups is 1. The Bertz CT molecular complexity index is 1070. The van der Waals surface area contributed by atoms with Crippen molar-refractivity contribution in [2.75, 3.05) is 0 Å². The molecular formula is C20H13NO4S. The van der Waals surface area contributed by atoms with Gasteiger partial charge in [-0.3, -0.25) is 0 Å². The van der Waals surface area contributed by atoms with E-state index >= 15 is 0 Å². The second-order valence-corrected chi connectivity index (χ2v) is 5.52. The molecule has 3 aromatic rings. The van der Waals surface area contributed by atoms with Crippen LogP contribution in [0.4, 0.5) is 5.69 Å². The standard InChI is InChI=1S/C20H13NO4S/c22-17-9-7-13(11-18(17)23)8-10-20(24)25-19-6-2-3-14-15(19)4-1-5-16(14)21-12-26/h1-11,22-23H/b10-8+. The Morgan fingerprint density at radius 3 is 2.58 bits per heavy atom. The van der Waals surface area contributed by atoms with Gasteiger partial charge in [-0.15, -0.1) is 0 Å². The monoisotopic (exact) mass is 363 g/mol. The molecule has 0 aliphatic rings. The van der Waals surface area contributed by atoms with E-state index in [1.54, 1.807) is 30.3 Å². The normalized spacial score (nSPS) is 10.6. The smallest absolute Gasteiger partial charge is 0.336 e. The van der Waals surface area contributed by atoms with Crippen LogP contribution in [-0.2, 0) is 4.79 Å². The predicted molar refractivity (Wildman–Crippen MR) is 103 cm³/mol. The minimum atomic E-state index is -0.575. The zero-order chi connectivity index (χ0) is 18.5. The average molecular weight is 363 g/mol. The highest BCUT2D eigenvalue weighted by Crippen LogP contribution is 2.32. The van der Waals surface area contributed by atoms with Gasteiger partial charge in [0.05, 0.1) is 10.8 Å². The van der Waals surface area contributed by atoms with Crippen molar-refractivity contribution >= 4 is 45.9 Å². The molecule has 0 radical (unpaired) electrons. The molecule has 0 atom stereocenters. The van der Waals surface area contributed by atoms with E-state index in [2.05, 4.69) is 22.4 Å². The number of isothiocyanates is 1. The summed E-state index contributed by atoms with van der Waals surface area (Å²) in [5.74, 6) is -0.669. The van der Waals surface area contributed by atoms with Gasteiger partial charge in [0.2, 0.25) is 0 Å². The molecule has 2 N–H and O–H groups in total. The molecule has 0 unspecified atom stereocenters. The van der Waals surface area contributed by atoms with Crippen LogP contribution in [0.5, 0.6) is 17.2 Å². The van der Waals surface area contributed by atoms with Gasteiger partial charge in [0.25, 0.3) is 0 Å². The number of ether oxygens (including phenoxy) is 1. The van der Waals surface area contributed by atoms with Crippen LogP contribution in [0, 0.1) is 0 Å². The Balaban J connectivity index is 1.85. The first-order valence-corrected chi connectivity index (χ1v) is 8.01. The molecule has 0 aromatic heterocycles. The lowest BCUT2D eigenvalue weighted by molar-refractivity contribution is -0.128. The molecule has 0 amide bonds. The lowest BCUT2D eigenvalue weighted by atomic mass is 10.1. The average Bonchev–Trinajstić information content (AvgIpc) is 2.64. The molecule has 0 bridgehead atoms. The Labute approximate surface area is 154 Å². The summed E-state index contributed by atoms with van der Waals surface area (Å²) in [6.45, 7) is 0. The summed E-state index contributed by atoms with van der Waals surface area (Å²) in [5.41, 5.74) is 1.19. The fraction of sp³-hybridized carbons (Fsp3) is 0. The van der Waals surface area contributed by atoms with E-state index in [9.17, 15) is 15.0 Å². The van der Waals surface area contributed by atoms with Crippen LogP contribution in [0.3, 0.4) is 0 Å².